The van der Waals surface area contributed by atoms with Crippen LogP contribution in [-0.4, -0.2) is 77.3 Å². The molecule has 1 aromatic heterocycles. The number of imide groups is 1. The maximum atomic E-state index is 14.9. The first kappa shape index (κ1) is 41.4. The van der Waals surface area contributed by atoms with Gasteiger partial charge in [-0.15, -0.1) is 0 Å². The molecule has 13 nitrogen and oxygen atoms in total. The largest absolute Gasteiger partial charge is 0.372 e. The molecule has 8 rings (SSSR count). The van der Waals surface area contributed by atoms with Gasteiger partial charge in [-0.3, -0.25) is 24.5 Å². The van der Waals surface area contributed by atoms with Crippen LogP contribution in [0, 0.1) is 11.7 Å². The number of nitrogens with one attached hydrogen (secondary N) is 4. The van der Waals surface area contributed by atoms with Crippen molar-refractivity contribution in [3.05, 3.63) is 125 Å². The van der Waals surface area contributed by atoms with Crippen LogP contribution in [0.4, 0.5) is 33.2 Å². The summed E-state index contributed by atoms with van der Waals surface area (Å²) >= 11 is 6.41. The number of benzene rings is 4. The minimum atomic E-state index is -0.685. The van der Waals surface area contributed by atoms with Crippen LogP contribution in [0.1, 0.15) is 70.7 Å². The Morgan fingerprint density at radius 3 is 2.34 bits per heavy atom. The van der Waals surface area contributed by atoms with E-state index in [2.05, 4.69) is 60.2 Å². The van der Waals surface area contributed by atoms with Crippen molar-refractivity contribution in [3.8, 4) is 11.1 Å². The highest BCUT2D eigenvalue weighted by molar-refractivity contribution is 6.33. The molecule has 6 N–H and O–H groups in total. The molecule has 1 saturated carbocycles. The number of piperidine rings is 2. The summed E-state index contributed by atoms with van der Waals surface area (Å²) in [6.45, 7) is 2.98. The van der Waals surface area contributed by atoms with E-state index in [0.29, 0.717) is 57.9 Å². The molecule has 4 aromatic carbocycles. The van der Waals surface area contributed by atoms with Gasteiger partial charge in [-0.2, -0.15) is 4.98 Å². The summed E-state index contributed by atoms with van der Waals surface area (Å²) in [5, 5.41) is 12.1. The minimum absolute atomic E-state index is 0.0898. The summed E-state index contributed by atoms with van der Waals surface area (Å²) in [7, 11) is 2.18. The standard InChI is InChI=1S/C46H47ClFN9O4/c1-56(26-27-18-20-57(21-19-27)33-13-8-28(9-14-33)35-16-17-41(58)54-45(35)61)34-22-32(23-34)52-44(60)29-6-10-30(11-7-29)53-46-50-25-40(48)43(55-46)51-31-12-15-37(42(49)59)38(24-31)36-4-2-3-5-39(36)47/h2-15,24-25,27,32,34-35H,16-23,26H2,1H3,(H2,49,59)(H,52,60)(H,54,58,61)(H2,50,51,53,55). The molecule has 3 heterocycles. The summed E-state index contributed by atoms with van der Waals surface area (Å²) in [5.74, 6) is -1.48. The first-order valence-corrected chi connectivity index (χ1v) is 20.9. The third kappa shape index (κ3) is 9.66. The van der Waals surface area contributed by atoms with Crippen molar-refractivity contribution in [1.29, 1.82) is 0 Å². The molecule has 0 bridgehead atoms. The van der Waals surface area contributed by atoms with E-state index in [1.807, 2.05) is 12.1 Å². The van der Waals surface area contributed by atoms with Crippen LogP contribution in [0.15, 0.2) is 97.2 Å². The number of carbonyl (C=O) groups excluding carboxylic acids is 4. The van der Waals surface area contributed by atoms with Crippen molar-refractivity contribution in [2.24, 2.45) is 11.7 Å². The SMILES string of the molecule is CN(CC1CCN(c2ccc(C3CCC(=O)NC3=O)cc2)CC1)C1CC(NC(=O)c2ccc(Nc3ncc(F)c(Nc4ccc(C(N)=O)c(-c5ccccc5Cl)c4)n3)cc2)C1. The summed E-state index contributed by atoms with van der Waals surface area (Å²) in [4.78, 5) is 62.4. The first-order valence-electron chi connectivity index (χ1n) is 20.5. The number of anilines is 5. The van der Waals surface area contributed by atoms with E-state index < -0.39 is 11.7 Å². The van der Waals surface area contributed by atoms with E-state index in [-0.39, 0.29) is 47.0 Å². The fourth-order valence-electron chi connectivity index (χ4n) is 8.42. The number of hydrogen-bond acceptors (Lipinski definition) is 10. The minimum Gasteiger partial charge on any atom is -0.372 e. The smallest absolute Gasteiger partial charge is 0.251 e. The van der Waals surface area contributed by atoms with Gasteiger partial charge >= 0.3 is 0 Å². The fourth-order valence-corrected chi connectivity index (χ4v) is 8.66. The van der Waals surface area contributed by atoms with Gasteiger partial charge in [0.05, 0.1) is 12.1 Å². The van der Waals surface area contributed by atoms with Crippen LogP contribution in [0.3, 0.4) is 0 Å². The van der Waals surface area contributed by atoms with Crippen molar-refractivity contribution >= 4 is 64.1 Å². The second kappa shape index (κ2) is 18.1. The molecule has 1 aliphatic carbocycles. The van der Waals surface area contributed by atoms with E-state index in [0.717, 1.165) is 62.8 Å². The number of hydrogen-bond donors (Lipinski definition) is 5. The molecule has 2 aliphatic heterocycles. The normalized spacial score (nSPS) is 19.2. The van der Waals surface area contributed by atoms with E-state index >= 15 is 0 Å². The highest BCUT2D eigenvalue weighted by atomic mass is 35.5. The lowest BCUT2D eigenvalue weighted by Crippen LogP contribution is -2.54. The van der Waals surface area contributed by atoms with Gasteiger partial charge in [0.2, 0.25) is 23.7 Å². The molecule has 3 aliphatic rings. The van der Waals surface area contributed by atoms with Crippen molar-refractivity contribution < 1.29 is 23.6 Å². The third-order valence-electron chi connectivity index (χ3n) is 12.0. The Hall–Kier alpha value is -6.38. The molecule has 15 heteroatoms. The lowest BCUT2D eigenvalue weighted by atomic mass is 9.84. The lowest BCUT2D eigenvalue weighted by Gasteiger charge is -2.43. The van der Waals surface area contributed by atoms with Gasteiger partial charge in [-0.25, -0.2) is 9.37 Å². The Bertz CT molecular complexity index is 2440. The Morgan fingerprint density at radius 2 is 1.64 bits per heavy atom. The van der Waals surface area contributed by atoms with E-state index in [1.54, 1.807) is 66.7 Å². The maximum Gasteiger partial charge on any atom is 0.251 e. The Kier molecular flexibility index (Phi) is 12.3. The molecular weight excluding hydrogens is 797 g/mol. The molecule has 2 saturated heterocycles. The number of primary amides is 1. The van der Waals surface area contributed by atoms with Crippen molar-refractivity contribution in [2.75, 3.05) is 42.2 Å². The number of halogens is 2. The predicted molar refractivity (Wildman–Crippen MR) is 234 cm³/mol. The number of carbonyl (C=O) groups is 4. The molecule has 314 valence electrons. The number of nitrogens with zero attached hydrogens (tertiary/aromatic N) is 4. The highest BCUT2D eigenvalue weighted by Crippen LogP contribution is 2.34. The van der Waals surface area contributed by atoms with Crippen molar-refractivity contribution in [2.45, 2.75) is 56.5 Å². The Morgan fingerprint density at radius 1 is 0.918 bits per heavy atom. The van der Waals surface area contributed by atoms with Crippen LogP contribution >= 0.6 is 11.6 Å². The van der Waals surface area contributed by atoms with Gasteiger partial charge in [0.1, 0.15) is 0 Å². The summed E-state index contributed by atoms with van der Waals surface area (Å²) < 4.78 is 14.9. The van der Waals surface area contributed by atoms with Gasteiger partial charge in [-0.1, -0.05) is 41.9 Å². The molecule has 61 heavy (non-hydrogen) atoms. The molecule has 0 radical (unpaired) electrons. The van der Waals surface area contributed by atoms with Gasteiger partial charge < -0.3 is 31.5 Å². The second-order valence-electron chi connectivity index (χ2n) is 16.1. The predicted octanol–water partition coefficient (Wildman–Crippen LogP) is 7.15. The summed E-state index contributed by atoms with van der Waals surface area (Å²) in [6, 6.07) is 27.5. The lowest BCUT2D eigenvalue weighted by molar-refractivity contribution is -0.134. The average Bonchev–Trinajstić information content (AvgIpc) is 3.24. The van der Waals surface area contributed by atoms with Gasteiger partial charge in [0.15, 0.2) is 11.6 Å². The molecule has 0 spiro atoms. The van der Waals surface area contributed by atoms with Crippen LogP contribution < -0.4 is 31.9 Å². The van der Waals surface area contributed by atoms with E-state index in [4.69, 9.17) is 17.3 Å². The van der Waals surface area contributed by atoms with Crippen molar-refractivity contribution in [1.82, 2.24) is 25.5 Å². The van der Waals surface area contributed by atoms with E-state index in [9.17, 15) is 23.6 Å². The molecule has 1 unspecified atom stereocenters. The van der Waals surface area contributed by atoms with E-state index in [1.165, 1.54) is 0 Å². The van der Waals surface area contributed by atoms with Gasteiger partial charge in [0, 0.05) is 76.9 Å². The average molecular weight is 844 g/mol. The zero-order valence-electron chi connectivity index (χ0n) is 33.7. The van der Waals surface area contributed by atoms with Crippen molar-refractivity contribution in [3.63, 3.8) is 0 Å². The van der Waals surface area contributed by atoms with Crippen LogP contribution in [-0.2, 0) is 9.59 Å². The Balaban J connectivity index is 0.782. The summed E-state index contributed by atoms with van der Waals surface area (Å²) in [5.41, 5.74) is 10.7. The highest BCUT2D eigenvalue weighted by Gasteiger charge is 2.35. The first-order chi connectivity index (χ1) is 29.5. The Labute approximate surface area is 358 Å². The topological polar surface area (TPSA) is 175 Å². The number of aromatic nitrogens is 2. The number of amides is 4. The monoisotopic (exact) mass is 843 g/mol. The zero-order chi connectivity index (χ0) is 42.6. The molecule has 5 aromatic rings. The number of nitrogens with two attached hydrogens (primary N) is 1. The quantitative estimate of drug-likeness (QED) is 0.0766. The fraction of sp³-hybridized carbons (Fsp3) is 0.304. The summed E-state index contributed by atoms with van der Waals surface area (Å²) in [6.07, 6.45) is 5.97. The zero-order valence-corrected chi connectivity index (χ0v) is 34.4. The van der Waals surface area contributed by atoms with Crippen LogP contribution in [0.2, 0.25) is 5.02 Å². The molecule has 4 amide bonds. The third-order valence-corrected chi connectivity index (χ3v) is 12.3. The number of rotatable bonds is 13. The van der Waals surface area contributed by atoms with Crippen LogP contribution in [0.5, 0.6) is 0 Å². The second-order valence-corrected chi connectivity index (χ2v) is 16.5. The van der Waals surface area contributed by atoms with Gasteiger partial charge in [0.25, 0.3) is 5.91 Å². The van der Waals surface area contributed by atoms with Gasteiger partial charge in [-0.05, 0) is 117 Å². The maximum absolute atomic E-state index is 14.9. The molecule has 1 atom stereocenters. The van der Waals surface area contributed by atoms with Crippen LogP contribution in [0.25, 0.3) is 11.1 Å². The molecular formula is C46H47ClFN9O4. The molecule has 3 fully saturated rings.